The van der Waals surface area contributed by atoms with E-state index in [2.05, 4.69) is 4.98 Å². The second kappa shape index (κ2) is 4.79. The number of hydrogen-bond donors (Lipinski definition) is 1. The van der Waals surface area contributed by atoms with Crippen molar-refractivity contribution in [2.24, 2.45) is 0 Å². The summed E-state index contributed by atoms with van der Waals surface area (Å²) in [6.45, 7) is 0. The van der Waals surface area contributed by atoms with E-state index in [9.17, 15) is 18.3 Å². The number of aromatic hydroxyl groups is 1. The van der Waals surface area contributed by atoms with Crippen LogP contribution in [0.5, 0.6) is 11.5 Å². The topological polar surface area (TPSA) is 42.4 Å². The molecule has 0 saturated heterocycles. The predicted octanol–water partition coefficient (Wildman–Crippen LogP) is 3.48. The number of alkyl halides is 3. The Labute approximate surface area is 107 Å². The van der Waals surface area contributed by atoms with Crippen molar-refractivity contribution in [2.45, 2.75) is 6.18 Å². The van der Waals surface area contributed by atoms with E-state index in [1.54, 1.807) is 6.07 Å². The molecule has 2 aromatic rings. The Kier molecular flexibility index (Phi) is 3.33. The van der Waals surface area contributed by atoms with E-state index in [1.165, 1.54) is 25.6 Å². The van der Waals surface area contributed by atoms with Crippen LogP contribution in [0, 0.1) is 0 Å². The molecule has 1 N–H and O–H groups in total. The first-order valence-electron chi connectivity index (χ1n) is 5.32. The third-order valence-electron chi connectivity index (χ3n) is 2.62. The van der Waals surface area contributed by atoms with Gasteiger partial charge in [-0.1, -0.05) is 0 Å². The summed E-state index contributed by atoms with van der Waals surface area (Å²) in [5, 5.41) is 9.74. The molecule has 0 unspecified atom stereocenters. The maximum Gasteiger partial charge on any atom is 0.416 e. The number of ether oxygens (including phenoxy) is 1. The predicted molar refractivity (Wildman–Crippen MR) is 62.9 cm³/mol. The zero-order valence-corrected chi connectivity index (χ0v) is 9.90. The molecule has 6 heteroatoms. The van der Waals surface area contributed by atoms with Crippen LogP contribution in [0.25, 0.3) is 11.1 Å². The Hall–Kier alpha value is -2.24. The van der Waals surface area contributed by atoms with Crippen LogP contribution in [0.4, 0.5) is 13.2 Å². The van der Waals surface area contributed by atoms with Gasteiger partial charge in [-0.25, -0.2) is 0 Å². The van der Waals surface area contributed by atoms with Gasteiger partial charge in [-0.2, -0.15) is 13.2 Å². The van der Waals surface area contributed by atoms with Crippen molar-refractivity contribution in [2.75, 3.05) is 7.11 Å². The average molecular weight is 269 g/mol. The summed E-state index contributed by atoms with van der Waals surface area (Å²) >= 11 is 0. The minimum absolute atomic E-state index is 0.234. The van der Waals surface area contributed by atoms with Gasteiger partial charge in [0, 0.05) is 23.5 Å². The van der Waals surface area contributed by atoms with Gasteiger partial charge in [0.15, 0.2) is 0 Å². The highest BCUT2D eigenvalue weighted by molar-refractivity contribution is 5.75. The van der Waals surface area contributed by atoms with E-state index < -0.39 is 17.5 Å². The van der Waals surface area contributed by atoms with E-state index in [1.807, 2.05) is 0 Å². The van der Waals surface area contributed by atoms with Crippen LogP contribution in [0.3, 0.4) is 0 Å². The lowest BCUT2D eigenvalue weighted by molar-refractivity contribution is -0.137. The third-order valence-corrected chi connectivity index (χ3v) is 2.62. The average Bonchev–Trinajstić information content (AvgIpc) is 2.37. The molecule has 0 fully saturated rings. The molecule has 0 bridgehead atoms. The molecule has 0 aliphatic carbocycles. The molecule has 3 nitrogen and oxygen atoms in total. The number of methoxy groups -OCH3 is 1. The van der Waals surface area contributed by atoms with Gasteiger partial charge in [0.1, 0.15) is 11.5 Å². The molecule has 2 rings (SSSR count). The molecular formula is C13H10F3NO2. The molecule has 0 atom stereocenters. The number of rotatable bonds is 2. The van der Waals surface area contributed by atoms with Crippen molar-refractivity contribution in [1.29, 1.82) is 0 Å². The maximum absolute atomic E-state index is 12.5. The number of pyridine rings is 1. The molecule has 0 aliphatic heterocycles. The number of aromatic nitrogens is 1. The number of nitrogens with zero attached hydrogens (tertiary/aromatic N) is 1. The van der Waals surface area contributed by atoms with Gasteiger partial charge in [-0.05, 0) is 24.3 Å². The molecule has 1 aromatic carbocycles. The second-order valence-corrected chi connectivity index (χ2v) is 3.81. The van der Waals surface area contributed by atoms with Crippen LogP contribution in [0.15, 0.2) is 36.7 Å². The number of hydrogen-bond acceptors (Lipinski definition) is 3. The normalized spacial score (nSPS) is 11.4. The van der Waals surface area contributed by atoms with Crippen LogP contribution in [-0.4, -0.2) is 17.2 Å². The molecule has 0 saturated carbocycles. The Morgan fingerprint density at radius 1 is 1.16 bits per heavy atom. The van der Waals surface area contributed by atoms with Gasteiger partial charge in [0.05, 0.1) is 12.7 Å². The van der Waals surface area contributed by atoms with Crippen LogP contribution in [-0.2, 0) is 6.18 Å². The summed E-state index contributed by atoms with van der Waals surface area (Å²) in [6.07, 6.45) is -1.58. The highest BCUT2D eigenvalue weighted by Gasteiger charge is 2.31. The largest absolute Gasteiger partial charge is 0.507 e. The van der Waals surface area contributed by atoms with Crippen molar-refractivity contribution in [3.8, 4) is 22.6 Å². The maximum atomic E-state index is 12.5. The monoisotopic (exact) mass is 269 g/mol. The van der Waals surface area contributed by atoms with Gasteiger partial charge >= 0.3 is 6.18 Å². The minimum Gasteiger partial charge on any atom is -0.507 e. The summed E-state index contributed by atoms with van der Waals surface area (Å²) in [7, 11) is 1.43. The summed E-state index contributed by atoms with van der Waals surface area (Å²) in [5.74, 6) is -0.0498. The first-order valence-corrected chi connectivity index (χ1v) is 5.32. The SMILES string of the molecule is COc1ccncc1-c1ccc(C(F)(F)F)cc1O. The lowest BCUT2D eigenvalue weighted by Crippen LogP contribution is -2.04. The summed E-state index contributed by atoms with van der Waals surface area (Å²) < 4.78 is 42.6. The van der Waals surface area contributed by atoms with Crippen molar-refractivity contribution in [1.82, 2.24) is 4.98 Å². The number of benzene rings is 1. The molecule has 19 heavy (non-hydrogen) atoms. The van der Waals surface area contributed by atoms with Crippen LogP contribution < -0.4 is 4.74 Å². The van der Waals surface area contributed by atoms with Gasteiger partial charge < -0.3 is 9.84 Å². The fourth-order valence-electron chi connectivity index (χ4n) is 1.70. The first kappa shape index (κ1) is 13.2. The van der Waals surface area contributed by atoms with Gasteiger partial charge in [-0.15, -0.1) is 0 Å². The van der Waals surface area contributed by atoms with Crippen LogP contribution in [0.2, 0.25) is 0 Å². The minimum atomic E-state index is -4.49. The van der Waals surface area contributed by atoms with Crippen molar-refractivity contribution >= 4 is 0 Å². The zero-order valence-electron chi connectivity index (χ0n) is 9.90. The molecule has 0 radical (unpaired) electrons. The van der Waals surface area contributed by atoms with Gasteiger partial charge in [-0.3, -0.25) is 4.98 Å². The molecular weight excluding hydrogens is 259 g/mol. The summed E-state index contributed by atoms with van der Waals surface area (Å²) in [5.41, 5.74) is -0.245. The summed E-state index contributed by atoms with van der Waals surface area (Å²) in [4.78, 5) is 3.87. The Bertz CT molecular complexity index is 597. The molecule has 0 aliphatic rings. The molecule has 1 heterocycles. The zero-order chi connectivity index (χ0) is 14.0. The van der Waals surface area contributed by atoms with E-state index in [-0.39, 0.29) is 5.56 Å². The van der Waals surface area contributed by atoms with Gasteiger partial charge in [0.25, 0.3) is 0 Å². The standard InChI is InChI=1S/C13H10F3NO2/c1-19-12-4-5-17-7-10(12)9-3-2-8(6-11(9)18)13(14,15)16/h2-7,18H,1H3. The Balaban J connectivity index is 2.53. The summed E-state index contributed by atoms with van der Waals surface area (Å²) in [6, 6.07) is 4.34. The molecule has 0 spiro atoms. The van der Waals surface area contributed by atoms with E-state index in [0.29, 0.717) is 17.4 Å². The van der Waals surface area contributed by atoms with Crippen molar-refractivity contribution in [3.63, 3.8) is 0 Å². The van der Waals surface area contributed by atoms with Crippen molar-refractivity contribution < 1.29 is 23.0 Å². The van der Waals surface area contributed by atoms with E-state index in [4.69, 9.17) is 4.74 Å². The van der Waals surface area contributed by atoms with Crippen molar-refractivity contribution in [3.05, 3.63) is 42.2 Å². The lowest BCUT2D eigenvalue weighted by Gasteiger charge is -2.12. The van der Waals surface area contributed by atoms with E-state index in [0.717, 1.165) is 6.07 Å². The fraction of sp³-hybridized carbons (Fsp3) is 0.154. The fourth-order valence-corrected chi connectivity index (χ4v) is 1.70. The quantitative estimate of drug-likeness (QED) is 0.907. The Morgan fingerprint density at radius 3 is 2.47 bits per heavy atom. The third kappa shape index (κ3) is 2.62. The van der Waals surface area contributed by atoms with Gasteiger partial charge in [0.2, 0.25) is 0 Å². The molecule has 1 aromatic heterocycles. The van der Waals surface area contributed by atoms with E-state index >= 15 is 0 Å². The first-order chi connectivity index (χ1) is 8.93. The molecule has 0 amide bonds. The smallest absolute Gasteiger partial charge is 0.416 e. The lowest BCUT2D eigenvalue weighted by atomic mass is 10.0. The number of halogens is 3. The number of phenols is 1. The highest BCUT2D eigenvalue weighted by atomic mass is 19.4. The van der Waals surface area contributed by atoms with Crippen LogP contribution >= 0.6 is 0 Å². The van der Waals surface area contributed by atoms with Crippen LogP contribution in [0.1, 0.15) is 5.56 Å². The molecule has 100 valence electrons. The highest BCUT2D eigenvalue weighted by Crippen LogP contribution is 2.39. The number of phenolic OH excluding ortho intramolecular Hbond substituents is 1. The second-order valence-electron chi connectivity index (χ2n) is 3.81. The Morgan fingerprint density at radius 2 is 1.89 bits per heavy atom.